The van der Waals surface area contributed by atoms with Crippen molar-refractivity contribution < 1.29 is 14.3 Å². The van der Waals surface area contributed by atoms with Crippen LogP contribution in [0.2, 0.25) is 0 Å². The topological polar surface area (TPSA) is 58.6 Å². The summed E-state index contributed by atoms with van der Waals surface area (Å²) in [5.74, 6) is 0.647. The highest BCUT2D eigenvalue weighted by molar-refractivity contribution is 5.79. The SMILES string of the molecule is COc1ccccc1CC(C)N(Cc1ccccc1)C(=O)CC(NC(C)=O)c1ccccc1. The van der Waals surface area contributed by atoms with Gasteiger partial charge in [-0.2, -0.15) is 0 Å². The lowest BCUT2D eigenvalue weighted by Crippen LogP contribution is -2.41. The molecule has 1 N–H and O–H groups in total. The summed E-state index contributed by atoms with van der Waals surface area (Å²) in [7, 11) is 1.66. The molecule has 0 aliphatic carbocycles. The first-order valence-electron chi connectivity index (χ1n) is 11.2. The van der Waals surface area contributed by atoms with E-state index < -0.39 is 0 Å². The van der Waals surface area contributed by atoms with Crippen molar-refractivity contribution in [2.45, 2.75) is 45.3 Å². The van der Waals surface area contributed by atoms with E-state index in [1.807, 2.05) is 89.8 Å². The summed E-state index contributed by atoms with van der Waals surface area (Å²) in [4.78, 5) is 27.4. The van der Waals surface area contributed by atoms with Gasteiger partial charge in [-0.05, 0) is 36.1 Å². The normalized spacial score (nSPS) is 12.5. The Balaban J connectivity index is 1.85. The number of methoxy groups -OCH3 is 1. The first kappa shape index (κ1) is 24.1. The Morgan fingerprint density at radius 2 is 1.52 bits per heavy atom. The average Bonchev–Trinajstić information content (AvgIpc) is 2.83. The fourth-order valence-corrected chi connectivity index (χ4v) is 4.04. The number of carbonyl (C=O) groups is 2. The quantitative estimate of drug-likeness (QED) is 0.483. The lowest BCUT2D eigenvalue weighted by atomic mass is 10.00. The van der Waals surface area contributed by atoms with Crippen LogP contribution in [0, 0.1) is 0 Å². The second-order valence-corrected chi connectivity index (χ2v) is 8.24. The molecule has 0 heterocycles. The van der Waals surface area contributed by atoms with Crippen molar-refractivity contribution in [1.82, 2.24) is 10.2 Å². The van der Waals surface area contributed by atoms with Gasteiger partial charge in [-0.15, -0.1) is 0 Å². The molecule has 0 saturated heterocycles. The number of nitrogens with one attached hydrogen (secondary N) is 1. The van der Waals surface area contributed by atoms with Crippen LogP contribution in [0.5, 0.6) is 5.75 Å². The van der Waals surface area contributed by atoms with E-state index in [0.29, 0.717) is 13.0 Å². The molecule has 0 spiro atoms. The molecule has 0 radical (unpaired) electrons. The van der Waals surface area contributed by atoms with Crippen molar-refractivity contribution in [2.75, 3.05) is 7.11 Å². The average molecular weight is 445 g/mol. The first-order chi connectivity index (χ1) is 16.0. The van der Waals surface area contributed by atoms with Gasteiger partial charge in [-0.3, -0.25) is 9.59 Å². The zero-order valence-corrected chi connectivity index (χ0v) is 19.5. The molecule has 0 saturated carbocycles. The maximum absolute atomic E-state index is 13.6. The summed E-state index contributed by atoms with van der Waals surface area (Å²) in [5.41, 5.74) is 3.03. The van der Waals surface area contributed by atoms with Gasteiger partial charge in [-0.1, -0.05) is 78.9 Å². The highest BCUT2D eigenvalue weighted by Gasteiger charge is 2.25. The van der Waals surface area contributed by atoms with Crippen molar-refractivity contribution in [2.24, 2.45) is 0 Å². The number of rotatable bonds is 10. The van der Waals surface area contributed by atoms with Crippen LogP contribution < -0.4 is 10.1 Å². The monoisotopic (exact) mass is 444 g/mol. The molecule has 2 amide bonds. The van der Waals surface area contributed by atoms with E-state index in [9.17, 15) is 9.59 Å². The molecule has 5 heteroatoms. The van der Waals surface area contributed by atoms with E-state index in [0.717, 1.165) is 22.4 Å². The highest BCUT2D eigenvalue weighted by Crippen LogP contribution is 2.24. The summed E-state index contributed by atoms with van der Waals surface area (Å²) >= 11 is 0. The number of hydrogen-bond acceptors (Lipinski definition) is 3. The maximum Gasteiger partial charge on any atom is 0.225 e. The molecular formula is C28H32N2O3. The number of hydrogen-bond donors (Lipinski definition) is 1. The highest BCUT2D eigenvalue weighted by atomic mass is 16.5. The van der Waals surface area contributed by atoms with E-state index in [1.54, 1.807) is 7.11 Å². The Morgan fingerprint density at radius 3 is 2.15 bits per heavy atom. The number of amides is 2. The van der Waals surface area contributed by atoms with Crippen LogP contribution in [-0.2, 0) is 22.6 Å². The van der Waals surface area contributed by atoms with Crippen molar-refractivity contribution in [3.8, 4) is 5.75 Å². The Morgan fingerprint density at radius 1 is 0.909 bits per heavy atom. The summed E-state index contributed by atoms with van der Waals surface area (Å²) in [6.45, 7) is 4.03. The summed E-state index contributed by atoms with van der Waals surface area (Å²) in [6, 6.07) is 27.1. The fraction of sp³-hybridized carbons (Fsp3) is 0.286. The number of ether oxygens (including phenoxy) is 1. The van der Waals surface area contributed by atoms with Crippen molar-refractivity contribution in [3.05, 3.63) is 102 Å². The Labute approximate surface area is 196 Å². The molecule has 5 nitrogen and oxygen atoms in total. The molecule has 172 valence electrons. The maximum atomic E-state index is 13.6. The second kappa shape index (κ2) is 11.9. The lowest BCUT2D eigenvalue weighted by molar-refractivity contribution is -0.134. The van der Waals surface area contributed by atoms with Gasteiger partial charge in [0.15, 0.2) is 0 Å². The van der Waals surface area contributed by atoms with Crippen molar-refractivity contribution in [3.63, 3.8) is 0 Å². The summed E-state index contributed by atoms with van der Waals surface area (Å²) in [6.07, 6.45) is 0.853. The van der Waals surface area contributed by atoms with Crippen LogP contribution >= 0.6 is 0 Å². The molecule has 3 aromatic carbocycles. The Hall–Kier alpha value is -3.60. The van der Waals surface area contributed by atoms with Crippen LogP contribution in [0.4, 0.5) is 0 Å². The van der Waals surface area contributed by atoms with Crippen LogP contribution in [0.3, 0.4) is 0 Å². The predicted octanol–water partition coefficient (Wildman–Crippen LogP) is 4.92. The molecule has 0 fully saturated rings. The van der Waals surface area contributed by atoms with Gasteiger partial charge >= 0.3 is 0 Å². The molecule has 0 bridgehead atoms. The molecule has 3 rings (SSSR count). The smallest absolute Gasteiger partial charge is 0.225 e. The van der Waals surface area contributed by atoms with E-state index in [1.165, 1.54) is 6.92 Å². The van der Waals surface area contributed by atoms with Gasteiger partial charge in [0.2, 0.25) is 11.8 Å². The second-order valence-electron chi connectivity index (χ2n) is 8.24. The standard InChI is InChI=1S/C28H32N2O3/c1-21(18-25-16-10-11-17-27(25)33-3)30(20-23-12-6-4-7-13-23)28(32)19-26(29-22(2)31)24-14-8-5-9-15-24/h4-17,21,26H,18-20H2,1-3H3,(H,29,31). The molecule has 0 aromatic heterocycles. The Bertz CT molecular complexity index is 1040. The minimum Gasteiger partial charge on any atom is -0.496 e. The van der Waals surface area contributed by atoms with E-state index in [-0.39, 0.29) is 30.3 Å². The number of benzene rings is 3. The van der Waals surface area contributed by atoms with Gasteiger partial charge in [0.1, 0.15) is 5.75 Å². The van der Waals surface area contributed by atoms with Crippen molar-refractivity contribution >= 4 is 11.8 Å². The fourth-order valence-electron chi connectivity index (χ4n) is 4.04. The van der Waals surface area contributed by atoms with Crippen LogP contribution in [0.25, 0.3) is 0 Å². The van der Waals surface area contributed by atoms with Gasteiger partial charge in [-0.25, -0.2) is 0 Å². The first-order valence-corrected chi connectivity index (χ1v) is 11.2. The molecular weight excluding hydrogens is 412 g/mol. The molecule has 0 aliphatic rings. The molecule has 2 unspecified atom stereocenters. The van der Waals surface area contributed by atoms with Gasteiger partial charge < -0.3 is 15.0 Å². The zero-order valence-electron chi connectivity index (χ0n) is 19.5. The molecule has 0 aliphatic heterocycles. The summed E-state index contributed by atoms with van der Waals surface area (Å²) < 4.78 is 5.52. The largest absolute Gasteiger partial charge is 0.496 e. The Kier molecular flexibility index (Phi) is 8.64. The predicted molar refractivity (Wildman–Crippen MR) is 131 cm³/mol. The van der Waals surface area contributed by atoms with E-state index >= 15 is 0 Å². The lowest BCUT2D eigenvalue weighted by Gasteiger charge is -2.32. The third-order valence-corrected chi connectivity index (χ3v) is 5.71. The van der Waals surface area contributed by atoms with Crippen LogP contribution in [0.1, 0.15) is 43.0 Å². The van der Waals surface area contributed by atoms with Gasteiger partial charge in [0.25, 0.3) is 0 Å². The van der Waals surface area contributed by atoms with Gasteiger partial charge in [0, 0.05) is 19.5 Å². The number of para-hydroxylation sites is 1. The summed E-state index contributed by atoms with van der Waals surface area (Å²) in [5, 5.41) is 2.95. The molecule has 2 atom stereocenters. The third kappa shape index (κ3) is 6.94. The zero-order chi connectivity index (χ0) is 23.6. The van der Waals surface area contributed by atoms with Crippen LogP contribution in [-0.4, -0.2) is 29.9 Å². The minimum atomic E-state index is -0.382. The van der Waals surface area contributed by atoms with E-state index in [4.69, 9.17) is 4.74 Å². The van der Waals surface area contributed by atoms with E-state index in [2.05, 4.69) is 12.2 Å². The van der Waals surface area contributed by atoms with Gasteiger partial charge in [0.05, 0.1) is 19.6 Å². The van der Waals surface area contributed by atoms with Crippen LogP contribution in [0.15, 0.2) is 84.9 Å². The third-order valence-electron chi connectivity index (χ3n) is 5.71. The number of carbonyl (C=O) groups excluding carboxylic acids is 2. The molecule has 33 heavy (non-hydrogen) atoms. The minimum absolute atomic E-state index is 0.0103. The molecule has 3 aromatic rings. The number of nitrogens with zero attached hydrogens (tertiary/aromatic N) is 1. The van der Waals surface area contributed by atoms with Crippen molar-refractivity contribution in [1.29, 1.82) is 0 Å².